The fraction of sp³-hybridized carbons (Fsp3) is 0.333. The predicted octanol–water partition coefficient (Wildman–Crippen LogP) is 2.59. The second-order valence-electron chi connectivity index (χ2n) is 2.93. The molecule has 1 atom stereocenters. The van der Waals surface area contributed by atoms with Crippen molar-refractivity contribution in [1.82, 2.24) is 4.13 Å². The normalized spacial score (nSPS) is 22.4. The van der Waals surface area contributed by atoms with Crippen LogP contribution in [-0.2, 0) is 10.9 Å². The van der Waals surface area contributed by atoms with Crippen LogP contribution in [0.15, 0.2) is 28.6 Å². The Kier molecular flexibility index (Phi) is 3.03. The lowest BCUT2D eigenvalue weighted by Gasteiger charge is -1.98. The van der Waals surface area contributed by atoms with Gasteiger partial charge in [0, 0.05) is 11.5 Å². The Morgan fingerprint density at radius 1 is 1.38 bits per heavy atom. The molecule has 1 N–H and O–H groups in total. The fourth-order valence-corrected chi connectivity index (χ4v) is 3.86. The van der Waals surface area contributed by atoms with Crippen molar-refractivity contribution in [2.75, 3.05) is 11.5 Å². The molecular weight excluding hydrogens is 200 g/mol. The molecule has 0 amide bonds. The Morgan fingerprint density at radius 2 is 2.15 bits per heavy atom. The molecule has 1 heterocycles. The third-order valence-corrected chi connectivity index (χ3v) is 4.71. The van der Waals surface area contributed by atoms with Gasteiger partial charge >= 0.3 is 0 Å². The van der Waals surface area contributed by atoms with Gasteiger partial charge in [-0.05, 0) is 29.9 Å². The molecule has 0 saturated carbocycles. The van der Waals surface area contributed by atoms with E-state index in [0.29, 0.717) is 0 Å². The van der Waals surface area contributed by atoms with Gasteiger partial charge in [0.25, 0.3) is 0 Å². The van der Waals surface area contributed by atoms with Gasteiger partial charge in [0.2, 0.25) is 0 Å². The molecule has 1 aliphatic heterocycles. The van der Waals surface area contributed by atoms with Crippen LogP contribution in [0.2, 0.25) is 0 Å². The number of hydrogen-bond donors (Lipinski definition) is 1. The van der Waals surface area contributed by atoms with Gasteiger partial charge < -0.3 is 0 Å². The van der Waals surface area contributed by atoms with Crippen molar-refractivity contribution in [3.63, 3.8) is 0 Å². The maximum atomic E-state index is 4.60. The second kappa shape index (κ2) is 4.26. The molecule has 1 aliphatic rings. The van der Waals surface area contributed by atoms with Crippen molar-refractivity contribution in [3.8, 4) is 0 Å². The third kappa shape index (κ3) is 2.56. The third-order valence-electron chi connectivity index (χ3n) is 1.78. The summed E-state index contributed by atoms with van der Waals surface area (Å²) >= 11 is 1.77. The topological polar surface area (TPSA) is 24.4 Å². The summed E-state index contributed by atoms with van der Waals surface area (Å²) in [6.07, 6.45) is 0. The molecule has 0 radical (unpaired) electrons. The van der Waals surface area contributed by atoms with Crippen molar-refractivity contribution < 1.29 is 0 Å². The summed E-state index contributed by atoms with van der Waals surface area (Å²) in [5, 5.41) is 0. The highest BCUT2D eigenvalue weighted by atomic mass is 32.2. The van der Waals surface area contributed by atoms with E-state index in [4.69, 9.17) is 0 Å². The van der Waals surface area contributed by atoms with E-state index in [1.807, 2.05) is 0 Å². The number of nitrogens with one attached hydrogen (secondary N) is 1. The second-order valence-corrected chi connectivity index (χ2v) is 5.61. The maximum absolute atomic E-state index is 4.60. The first-order chi connectivity index (χ1) is 6.34. The van der Waals surface area contributed by atoms with E-state index in [1.165, 1.54) is 17.1 Å². The van der Waals surface area contributed by atoms with Crippen LogP contribution in [0.3, 0.4) is 0 Å². The first-order valence-electron chi connectivity index (χ1n) is 4.21. The molecule has 0 spiro atoms. The number of benzene rings is 1. The zero-order chi connectivity index (χ0) is 9.10. The molecule has 0 aliphatic carbocycles. The van der Waals surface area contributed by atoms with Crippen LogP contribution in [0.1, 0.15) is 5.56 Å². The fourth-order valence-electron chi connectivity index (χ4n) is 1.07. The Bertz CT molecular complexity index is 311. The summed E-state index contributed by atoms with van der Waals surface area (Å²) < 4.78 is 7.89. The number of hydrogen-bond acceptors (Lipinski definition) is 2. The van der Waals surface area contributed by atoms with E-state index in [0.717, 1.165) is 5.69 Å². The molecule has 1 aromatic carbocycles. The molecule has 1 aromatic rings. The summed E-state index contributed by atoms with van der Waals surface area (Å²) in [5.41, 5.74) is 2.37. The molecule has 13 heavy (non-hydrogen) atoms. The highest BCUT2D eigenvalue weighted by molar-refractivity contribution is 8.10. The lowest BCUT2D eigenvalue weighted by Crippen LogP contribution is -2.00. The van der Waals surface area contributed by atoms with Crippen molar-refractivity contribution >= 4 is 28.5 Å². The van der Waals surface area contributed by atoms with E-state index < -0.39 is 0 Å². The molecule has 0 aromatic heterocycles. The number of rotatable bonds is 1. The standard InChI is InChI=1S/C9H12N2S2/c1-8-2-4-9(5-3-8)10-13-7-6-12-11-13/h2-5H,6-7H2,1H3,(H,10,11). The number of aryl methyl sites for hydroxylation is 1. The van der Waals surface area contributed by atoms with Gasteiger partial charge in [-0.15, -0.1) is 0 Å². The average molecular weight is 212 g/mol. The quantitative estimate of drug-likeness (QED) is 0.724. The van der Waals surface area contributed by atoms with Crippen LogP contribution in [0, 0.1) is 6.92 Å². The minimum Gasteiger partial charge on any atom is -0.212 e. The van der Waals surface area contributed by atoms with E-state index in [2.05, 4.69) is 39.7 Å². The van der Waals surface area contributed by atoms with Crippen LogP contribution >= 0.6 is 11.9 Å². The van der Waals surface area contributed by atoms with E-state index in [-0.39, 0.29) is 10.9 Å². The highest BCUT2D eigenvalue weighted by Crippen LogP contribution is 2.16. The summed E-state index contributed by atoms with van der Waals surface area (Å²) in [7, 11) is 0.0531. The Hall–Kier alpha value is -0.320. The summed E-state index contributed by atoms with van der Waals surface area (Å²) in [4.78, 5) is 0. The van der Waals surface area contributed by atoms with Gasteiger partial charge in [-0.1, -0.05) is 29.6 Å². The Balaban J connectivity index is 2.17. The summed E-state index contributed by atoms with van der Waals surface area (Å²) in [5.74, 6) is 2.34. The summed E-state index contributed by atoms with van der Waals surface area (Å²) in [6, 6.07) is 8.36. The van der Waals surface area contributed by atoms with Crippen LogP contribution in [0.5, 0.6) is 0 Å². The molecule has 70 valence electrons. The average Bonchev–Trinajstić information content (AvgIpc) is 2.62. The molecule has 2 rings (SSSR count). The molecular formula is C9H12N2S2. The lowest BCUT2D eigenvalue weighted by atomic mass is 10.2. The zero-order valence-corrected chi connectivity index (χ0v) is 9.12. The van der Waals surface area contributed by atoms with E-state index in [9.17, 15) is 0 Å². The minimum atomic E-state index is 0.0531. The van der Waals surface area contributed by atoms with E-state index >= 15 is 0 Å². The van der Waals surface area contributed by atoms with Gasteiger partial charge in [0.05, 0.1) is 5.69 Å². The van der Waals surface area contributed by atoms with Gasteiger partial charge in [0.1, 0.15) is 0 Å². The van der Waals surface area contributed by atoms with Crippen molar-refractivity contribution in [2.24, 2.45) is 4.36 Å². The highest BCUT2D eigenvalue weighted by Gasteiger charge is 2.05. The summed E-state index contributed by atoms with van der Waals surface area (Å²) in [6.45, 7) is 2.09. The molecule has 4 heteroatoms. The molecule has 1 saturated heterocycles. The Morgan fingerprint density at radius 3 is 2.77 bits per heavy atom. The zero-order valence-electron chi connectivity index (χ0n) is 7.49. The van der Waals surface area contributed by atoms with Crippen molar-refractivity contribution in [1.29, 1.82) is 0 Å². The predicted molar refractivity (Wildman–Crippen MR) is 61.1 cm³/mol. The van der Waals surface area contributed by atoms with Crippen LogP contribution in [-0.4, -0.2) is 11.5 Å². The maximum Gasteiger partial charge on any atom is 0.0718 e. The van der Waals surface area contributed by atoms with E-state index in [1.54, 1.807) is 11.9 Å². The Labute approximate surface area is 85.5 Å². The smallest absolute Gasteiger partial charge is 0.0718 e. The van der Waals surface area contributed by atoms with Crippen LogP contribution < -0.4 is 4.13 Å². The minimum absolute atomic E-state index is 0.0531. The van der Waals surface area contributed by atoms with Crippen LogP contribution in [0.25, 0.3) is 0 Å². The molecule has 0 bridgehead atoms. The van der Waals surface area contributed by atoms with Gasteiger partial charge in [-0.3, -0.25) is 0 Å². The van der Waals surface area contributed by atoms with Gasteiger partial charge in [-0.25, -0.2) is 4.36 Å². The number of nitrogens with zero attached hydrogens (tertiary/aromatic N) is 1. The van der Waals surface area contributed by atoms with Crippen molar-refractivity contribution in [3.05, 3.63) is 29.8 Å². The van der Waals surface area contributed by atoms with Crippen LogP contribution in [0.4, 0.5) is 5.69 Å². The van der Waals surface area contributed by atoms with Gasteiger partial charge in [-0.2, -0.15) is 4.13 Å². The first kappa shape index (κ1) is 9.24. The monoisotopic (exact) mass is 212 g/mol. The lowest BCUT2D eigenvalue weighted by molar-refractivity contribution is 1.44. The molecule has 2 nitrogen and oxygen atoms in total. The molecule has 1 fully saturated rings. The molecule has 1 unspecified atom stereocenters. The van der Waals surface area contributed by atoms with Crippen molar-refractivity contribution in [2.45, 2.75) is 6.92 Å². The first-order valence-corrected chi connectivity index (χ1v) is 6.55. The van der Waals surface area contributed by atoms with Gasteiger partial charge in [0.15, 0.2) is 0 Å². The SMILES string of the molecule is Cc1ccc(N=S2CCSN2)cc1. The largest absolute Gasteiger partial charge is 0.212 e.